The number of halogens is 3. The molecule has 2 aromatic carbocycles. The van der Waals surface area contributed by atoms with Gasteiger partial charge >= 0.3 is 12.3 Å². The van der Waals surface area contributed by atoms with Crippen LogP contribution in [0.15, 0.2) is 42.5 Å². The zero-order chi connectivity index (χ0) is 20.3. The molecular weight excluding hydrogens is 383 g/mol. The Kier molecular flexibility index (Phi) is 5.30. The minimum Gasteiger partial charge on any atom is -0.454 e. The van der Waals surface area contributed by atoms with Crippen molar-refractivity contribution in [2.45, 2.75) is 19.4 Å². The summed E-state index contributed by atoms with van der Waals surface area (Å²) in [5, 5.41) is 2.43. The summed E-state index contributed by atoms with van der Waals surface area (Å²) in [6, 6.07) is 9.01. The van der Waals surface area contributed by atoms with E-state index >= 15 is 0 Å². The Hall–Kier alpha value is -3.43. The lowest BCUT2D eigenvalue weighted by Crippen LogP contribution is -2.30. The van der Waals surface area contributed by atoms with Gasteiger partial charge in [0.05, 0.1) is 5.56 Å². The minimum absolute atomic E-state index is 0.0550. The number of amides is 1. The van der Waals surface area contributed by atoms with E-state index in [1.54, 1.807) is 6.07 Å². The molecule has 1 aliphatic rings. The first-order valence-electron chi connectivity index (χ1n) is 7.98. The average Bonchev–Trinajstić information content (AvgIpc) is 3.09. The number of fused-ring (bicyclic) bond motifs is 1. The van der Waals surface area contributed by atoms with Crippen LogP contribution in [0.5, 0.6) is 17.2 Å². The third-order valence-corrected chi connectivity index (χ3v) is 3.62. The first kappa shape index (κ1) is 19.3. The molecule has 0 bridgehead atoms. The molecule has 0 aromatic heterocycles. The summed E-state index contributed by atoms with van der Waals surface area (Å²) in [6.45, 7) is 1.42. The second-order valence-corrected chi connectivity index (χ2v) is 5.68. The molecular formula is C18H14F3NO6. The van der Waals surface area contributed by atoms with Crippen LogP contribution in [0.25, 0.3) is 0 Å². The van der Waals surface area contributed by atoms with Gasteiger partial charge in [0.15, 0.2) is 17.6 Å². The lowest BCUT2D eigenvalue weighted by atomic mass is 10.2. The normalized spacial score (nSPS) is 13.6. The molecule has 0 radical (unpaired) electrons. The molecule has 7 nitrogen and oxygen atoms in total. The molecule has 1 atom stereocenters. The molecule has 1 unspecified atom stereocenters. The molecule has 0 spiro atoms. The fraction of sp³-hybridized carbons (Fsp3) is 0.222. The molecule has 148 valence electrons. The van der Waals surface area contributed by atoms with E-state index in [9.17, 15) is 22.8 Å². The van der Waals surface area contributed by atoms with Crippen LogP contribution in [0.4, 0.5) is 18.9 Å². The molecule has 0 fully saturated rings. The molecule has 28 heavy (non-hydrogen) atoms. The highest BCUT2D eigenvalue weighted by Crippen LogP contribution is 2.32. The zero-order valence-corrected chi connectivity index (χ0v) is 14.4. The van der Waals surface area contributed by atoms with E-state index in [1.165, 1.54) is 31.2 Å². The summed E-state index contributed by atoms with van der Waals surface area (Å²) < 4.78 is 55.6. The van der Waals surface area contributed by atoms with Gasteiger partial charge in [-0.15, -0.1) is 13.2 Å². The largest absolute Gasteiger partial charge is 0.573 e. The van der Waals surface area contributed by atoms with Crippen LogP contribution in [0.3, 0.4) is 0 Å². The number of hydrogen-bond donors (Lipinski definition) is 1. The summed E-state index contributed by atoms with van der Waals surface area (Å²) in [5.74, 6) is -0.922. The Morgan fingerprint density at radius 1 is 1.07 bits per heavy atom. The van der Waals surface area contributed by atoms with Gasteiger partial charge in [0.1, 0.15) is 5.75 Å². The second kappa shape index (κ2) is 7.67. The molecule has 0 saturated heterocycles. The van der Waals surface area contributed by atoms with Gasteiger partial charge in [-0.05, 0) is 49.4 Å². The molecule has 0 saturated carbocycles. The summed E-state index contributed by atoms with van der Waals surface area (Å²) >= 11 is 0. The van der Waals surface area contributed by atoms with Gasteiger partial charge in [0, 0.05) is 5.69 Å². The van der Waals surface area contributed by atoms with E-state index < -0.39 is 30.1 Å². The van der Waals surface area contributed by atoms with Gasteiger partial charge in [0.2, 0.25) is 6.79 Å². The molecule has 1 heterocycles. The number of hydrogen-bond acceptors (Lipinski definition) is 6. The van der Waals surface area contributed by atoms with Gasteiger partial charge in [-0.25, -0.2) is 4.79 Å². The fourth-order valence-electron chi connectivity index (χ4n) is 2.29. The topological polar surface area (TPSA) is 83.1 Å². The predicted octanol–water partition coefficient (Wildman–Crippen LogP) is 3.50. The number of esters is 1. The number of benzene rings is 2. The monoisotopic (exact) mass is 397 g/mol. The summed E-state index contributed by atoms with van der Waals surface area (Å²) in [6.07, 6.45) is -5.95. The molecule has 1 amide bonds. The van der Waals surface area contributed by atoms with Crippen molar-refractivity contribution < 1.29 is 41.7 Å². The van der Waals surface area contributed by atoms with Crippen molar-refractivity contribution in [2.75, 3.05) is 12.1 Å². The number of anilines is 1. The number of alkyl halides is 3. The predicted molar refractivity (Wildman–Crippen MR) is 89.2 cm³/mol. The van der Waals surface area contributed by atoms with Crippen molar-refractivity contribution in [2.24, 2.45) is 0 Å². The molecule has 3 rings (SSSR count). The number of carbonyl (C=O) groups excluding carboxylic acids is 2. The highest BCUT2D eigenvalue weighted by Gasteiger charge is 2.31. The van der Waals surface area contributed by atoms with Crippen molar-refractivity contribution >= 4 is 17.6 Å². The average molecular weight is 397 g/mol. The smallest absolute Gasteiger partial charge is 0.454 e. The Morgan fingerprint density at radius 2 is 1.75 bits per heavy atom. The Labute approximate surface area is 156 Å². The Balaban J connectivity index is 1.56. The maximum Gasteiger partial charge on any atom is 0.573 e. The van der Waals surface area contributed by atoms with Crippen LogP contribution in [0.2, 0.25) is 0 Å². The van der Waals surface area contributed by atoms with Crippen molar-refractivity contribution in [3.05, 3.63) is 48.0 Å². The lowest BCUT2D eigenvalue weighted by molar-refractivity contribution is -0.274. The maximum absolute atomic E-state index is 12.2. The highest BCUT2D eigenvalue weighted by molar-refractivity contribution is 5.97. The fourth-order valence-corrected chi connectivity index (χ4v) is 2.29. The van der Waals surface area contributed by atoms with E-state index in [2.05, 4.69) is 10.1 Å². The van der Waals surface area contributed by atoms with Crippen LogP contribution in [0, 0.1) is 0 Å². The third kappa shape index (κ3) is 4.84. The number of rotatable bonds is 5. The van der Waals surface area contributed by atoms with Gasteiger partial charge < -0.3 is 24.3 Å². The minimum atomic E-state index is -4.80. The quantitative estimate of drug-likeness (QED) is 0.778. The molecule has 1 N–H and O–H groups in total. The van der Waals surface area contributed by atoms with Gasteiger partial charge in [-0.1, -0.05) is 0 Å². The van der Waals surface area contributed by atoms with Gasteiger partial charge in [-0.3, -0.25) is 4.79 Å². The molecule has 10 heteroatoms. The van der Waals surface area contributed by atoms with Crippen molar-refractivity contribution in [1.82, 2.24) is 0 Å². The molecule has 2 aromatic rings. The van der Waals surface area contributed by atoms with Gasteiger partial charge in [0.25, 0.3) is 5.91 Å². The van der Waals surface area contributed by atoms with Crippen LogP contribution in [-0.2, 0) is 9.53 Å². The highest BCUT2D eigenvalue weighted by atomic mass is 19.4. The van der Waals surface area contributed by atoms with Crippen molar-refractivity contribution in [1.29, 1.82) is 0 Å². The van der Waals surface area contributed by atoms with Crippen LogP contribution < -0.4 is 19.5 Å². The van der Waals surface area contributed by atoms with E-state index in [0.717, 1.165) is 12.1 Å². The standard InChI is InChI=1S/C18H14F3NO6/c1-10(27-17(24)11-2-7-14-15(8-11)26-9-25-14)16(23)22-12-3-5-13(6-4-12)28-18(19,20)21/h2-8,10H,9H2,1H3,(H,22,23). The van der Waals surface area contributed by atoms with Gasteiger partial charge in [-0.2, -0.15) is 0 Å². The van der Waals surface area contributed by atoms with Crippen LogP contribution >= 0.6 is 0 Å². The number of carbonyl (C=O) groups is 2. The number of nitrogens with one attached hydrogen (secondary N) is 1. The second-order valence-electron chi connectivity index (χ2n) is 5.68. The summed E-state index contributed by atoms with van der Waals surface area (Å²) in [5.41, 5.74) is 0.392. The SMILES string of the molecule is CC(OC(=O)c1ccc2c(c1)OCO2)C(=O)Nc1ccc(OC(F)(F)F)cc1. The third-order valence-electron chi connectivity index (χ3n) is 3.62. The van der Waals surface area contributed by atoms with Crippen LogP contribution in [0.1, 0.15) is 17.3 Å². The molecule has 1 aliphatic heterocycles. The first-order valence-corrected chi connectivity index (χ1v) is 7.98. The van der Waals surface area contributed by atoms with E-state index in [0.29, 0.717) is 11.5 Å². The van der Waals surface area contributed by atoms with E-state index in [-0.39, 0.29) is 18.0 Å². The zero-order valence-electron chi connectivity index (χ0n) is 14.4. The summed E-state index contributed by atoms with van der Waals surface area (Å²) in [7, 11) is 0. The van der Waals surface area contributed by atoms with E-state index in [1.807, 2.05) is 0 Å². The Bertz CT molecular complexity index is 882. The number of ether oxygens (including phenoxy) is 4. The van der Waals surface area contributed by atoms with Crippen molar-refractivity contribution in [3.63, 3.8) is 0 Å². The summed E-state index contributed by atoms with van der Waals surface area (Å²) in [4.78, 5) is 24.3. The maximum atomic E-state index is 12.2. The molecule has 0 aliphatic carbocycles. The van der Waals surface area contributed by atoms with E-state index in [4.69, 9.17) is 14.2 Å². The lowest BCUT2D eigenvalue weighted by Gasteiger charge is -2.14. The first-order chi connectivity index (χ1) is 13.2. The Morgan fingerprint density at radius 3 is 2.43 bits per heavy atom. The van der Waals surface area contributed by atoms with Crippen molar-refractivity contribution in [3.8, 4) is 17.2 Å². The van der Waals surface area contributed by atoms with Crippen LogP contribution in [-0.4, -0.2) is 31.1 Å².